The highest BCUT2D eigenvalue weighted by Gasteiger charge is 2.44. The van der Waals surface area contributed by atoms with Crippen LogP contribution in [0.4, 0.5) is 19.0 Å². The number of aromatic nitrogens is 3. The molecule has 6 atom stereocenters. The van der Waals surface area contributed by atoms with E-state index in [9.17, 15) is 41.9 Å². The van der Waals surface area contributed by atoms with Crippen molar-refractivity contribution in [1.82, 2.24) is 51.3 Å². The van der Waals surface area contributed by atoms with Gasteiger partial charge in [-0.2, -0.15) is 13.2 Å². The van der Waals surface area contributed by atoms with Gasteiger partial charge in [-0.05, 0) is 89.1 Å². The van der Waals surface area contributed by atoms with Crippen molar-refractivity contribution in [3.63, 3.8) is 0 Å². The first-order chi connectivity index (χ1) is 33.8. The second-order valence-electron chi connectivity index (χ2n) is 19.9. The van der Waals surface area contributed by atoms with Gasteiger partial charge in [0.25, 0.3) is 0 Å². The Kier molecular flexibility index (Phi) is 17.5. The number of ether oxygens (including phenoxy) is 2. The lowest BCUT2D eigenvalue weighted by Crippen LogP contribution is -2.59. The maximum absolute atomic E-state index is 13.9. The second kappa shape index (κ2) is 23.5. The normalized spacial score (nSPS) is 24.7. The Bertz CT molecular complexity index is 2370. The first-order valence-corrected chi connectivity index (χ1v) is 24.5. The summed E-state index contributed by atoms with van der Waals surface area (Å²) in [6.07, 6.45) is 3.60. The van der Waals surface area contributed by atoms with Crippen LogP contribution in [0.2, 0.25) is 0 Å². The van der Waals surface area contributed by atoms with Gasteiger partial charge in [0.2, 0.25) is 35.4 Å². The van der Waals surface area contributed by atoms with Crippen LogP contribution in [-0.2, 0) is 44.4 Å². The van der Waals surface area contributed by atoms with Crippen molar-refractivity contribution in [1.29, 1.82) is 0 Å². The largest absolute Gasteiger partial charge is 0.416 e. The van der Waals surface area contributed by atoms with Crippen molar-refractivity contribution in [3.8, 4) is 0 Å². The van der Waals surface area contributed by atoms with Gasteiger partial charge in [0, 0.05) is 87.3 Å². The quantitative estimate of drug-likeness (QED) is 0.0844. The van der Waals surface area contributed by atoms with E-state index in [1.165, 1.54) is 12.4 Å². The van der Waals surface area contributed by atoms with Crippen LogP contribution in [0.1, 0.15) is 95.7 Å². The maximum Gasteiger partial charge on any atom is 0.416 e. The molecular formula is C49H66F3N11O8. The van der Waals surface area contributed by atoms with Crippen molar-refractivity contribution in [3.05, 3.63) is 60.2 Å². The predicted octanol–water partition coefficient (Wildman–Crippen LogP) is 3.01. The molecule has 2 aromatic heterocycles. The minimum atomic E-state index is -4.56. The molecular weight excluding hydrogens is 928 g/mol. The maximum atomic E-state index is 13.9. The molecule has 0 spiro atoms. The van der Waals surface area contributed by atoms with E-state index >= 15 is 0 Å². The van der Waals surface area contributed by atoms with Crippen LogP contribution < -0.4 is 31.9 Å². The number of benzene rings is 1. The Balaban J connectivity index is 0.764. The number of carbonyl (C=O) groups excluding carboxylic acids is 6. The van der Waals surface area contributed by atoms with Gasteiger partial charge in [0.1, 0.15) is 18.2 Å². The molecule has 7 rings (SSSR count). The molecule has 0 unspecified atom stereocenters. The highest BCUT2D eigenvalue weighted by atomic mass is 19.4. The van der Waals surface area contributed by atoms with Crippen LogP contribution in [0.3, 0.4) is 0 Å². The Morgan fingerprint density at radius 2 is 1.54 bits per heavy atom. The molecule has 19 nitrogen and oxygen atoms in total. The second-order valence-corrected chi connectivity index (χ2v) is 19.9. The SMILES string of the molecule is CN1C(=O)C[C@H](C(=O)NCCOCCNC(=O)[C@H]2C[C@H](NC(=O)CCOCCC(=O)N[C@@H]3C[C@H](NC(C)(C)C)CC[C@@H]3N3CC[C@H](Nc4ncnc5ccc(C(F)(F)F)cc45)C3=O)C2)[C@H]1c1cccnc1. The van der Waals surface area contributed by atoms with Crippen LogP contribution >= 0.6 is 0 Å². The number of nitrogens with zero attached hydrogens (tertiary/aromatic N) is 5. The van der Waals surface area contributed by atoms with Gasteiger partial charge in [-0.3, -0.25) is 33.8 Å². The summed E-state index contributed by atoms with van der Waals surface area (Å²) in [5.41, 5.74) is 0.0881. The highest BCUT2D eigenvalue weighted by molar-refractivity contribution is 5.93. The Morgan fingerprint density at radius 3 is 2.23 bits per heavy atom. The molecule has 3 aromatic rings. The lowest BCUT2D eigenvalue weighted by molar-refractivity contribution is -0.137. The molecule has 2 aliphatic carbocycles. The topological polar surface area (TPSA) is 238 Å². The molecule has 2 saturated heterocycles. The molecule has 6 N–H and O–H groups in total. The van der Waals surface area contributed by atoms with Crippen molar-refractivity contribution in [2.45, 2.75) is 127 Å². The number of anilines is 1. The molecule has 4 fully saturated rings. The smallest absolute Gasteiger partial charge is 0.380 e. The van der Waals surface area contributed by atoms with Gasteiger partial charge >= 0.3 is 6.18 Å². The van der Waals surface area contributed by atoms with E-state index in [4.69, 9.17) is 9.47 Å². The van der Waals surface area contributed by atoms with E-state index in [2.05, 4.69) is 67.6 Å². The van der Waals surface area contributed by atoms with Gasteiger partial charge in [0.15, 0.2) is 0 Å². The summed E-state index contributed by atoms with van der Waals surface area (Å²) in [7, 11) is 1.68. The van der Waals surface area contributed by atoms with Crippen molar-refractivity contribution in [2.75, 3.05) is 58.4 Å². The van der Waals surface area contributed by atoms with Gasteiger partial charge in [-0.15, -0.1) is 0 Å². The average Bonchev–Trinajstić information content (AvgIpc) is 3.82. The van der Waals surface area contributed by atoms with E-state index < -0.39 is 23.7 Å². The summed E-state index contributed by atoms with van der Waals surface area (Å²) >= 11 is 0. The summed E-state index contributed by atoms with van der Waals surface area (Å²) in [5, 5.41) is 18.6. The van der Waals surface area contributed by atoms with Crippen molar-refractivity contribution < 1.29 is 51.4 Å². The molecule has 2 aliphatic heterocycles. The predicted molar refractivity (Wildman–Crippen MR) is 254 cm³/mol. The molecule has 1 aromatic carbocycles. The molecule has 0 bridgehead atoms. The van der Waals surface area contributed by atoms with Crippen LogP contribution in [-0.4, -0.2) is 149 Å². The molecule has 0 radical (unpaired) electrons. The molecule has 71 heavy (non-hydrogen) atoms. The Labute approximate surface area is 410 Å². The standard InChI is InChI=1S/C49H66F3N11O8/c1-48(2,3)61-32-8-10-39(63-17-11-37(47(63)69)60-44-34-24-31(49(50,51)52)7-9-36(34)56-28-57-44)38(25-32)59-41(65)13-19-70-18-12-40(64)58-33-22-30(23-33)45(67)54-15-20-71-21-16-55-46(68)35-26-42(66)62(4)43(35)29-6-5-14-53-27-29/h5-7,9,14,24,27-28,30,32-33,35,37-39,43,61H,8,10-13,15-23,25-26H2,1-4H3,(H,54,67)(H,55,68)(H,58,64)(H,59,65)(H,56,57,60)/t30-,32-,33-,35+,37+,38-,39+,43-/m1/s1. The molecule has 2 saturated carbocycles. The summed E-state index contributed by atoms with van der Waals surface area (Å²) in [6.45, 7) is 7.81. The number of likely N-dealkylation sites (tertiary alicyclic amines) is 2. The van der Waals surface area contributed by atoms with Gasteiger partial charge in [-0.25, -0.2) is 9.97 Å². The Morgan fingerprint density at radius 1 is 0.831 bits per heavy atom. The fraction of sp³-hybridized carbons (Fsp3) is 0.612. The third kappa shape index (κ3) is 14.1. The zero-order valence-electron chi connectivity index (χ0n) is 40.7. The fourth-order valence-electron chi connectivity index (χ4n) is 10.0. The van der Waals surface area contributed by atoms with E-state index in [0.29, 0.717) is 50.7 Å². The first-order valence-electron chi connectivity index (χ1n) is 24.5. The number of fused-ring (bicyclic) bond motifs is 1. The minimum absolute atomic E-state index is 0.0392. The number of hydrogen-bond acceptors (Lipinski definition) is 13. The zero-order valence-corrected chi connectivity index (χ0v) is 40.7. The van der Waals surface area contributed by atoms with E-state index in [-0.39, 0.29) is 141 Å². The number of pyridine rings is 1. The molecule has 4 heterocycles. The van der Waals surface area contributed by atoms with E-state index in [0.717, 1.165) is 24.1 Å². The molecule has 6 amide bonds. The lowest BCUT2D eigenvalue weighted by atomic mass is 9.79. The lowest BCUT2D eigenvalue weighted by Gasteiger charge is -2.43. The first kappa shape index (κ1) is 52.8. The van der Waals surface area contributed by atoms with Crippen molar-refractivity contribution >= 4 is 52.2 Å². The summed E-state index contributed by atoms with van der Waals surface area (Å²) in [5.74, 6) is -1.79. The van der Waals surface area contributed by atoms with Crippen molar-refractivity contribution in [2.24, 2.45) is 11.8 Å². The monoisotopic (exact) mass is 994 g/mol. The van der Waals surface area contributed by atoms with Crippen LogP contribution in [0.25, 0.3) is 10.9 Å². The molecule has 22 heteroatoms. The fourth-order valence-corrected chi connectivity index (χ4v) is 10.0. The Hall–Kier alpha value is -6.00. The summed E-state index contributed by atoms with van der Waals surface area (Å²) < 4.78 is 51.9. The van der Waals surface area contributed by atoms with E-state index in [1.54, 1.807) is 35.3 Å². The number of alkyl halides is 3. The number of rotatable bonds is 21. The minimum Gasteiger partial charge on any atom is -0.380 e. The summed E-state index contributed by atoms with van der Waals surface area (Å²) in [4.78, 5) is 93.6. The number of amides is 6. The zero-order chi connectivity index (χ0) is 50.9. The van der Waals surface area contributed by atoms with Crippen LogP contribution in [0.5, 0.6) is 0 Å². The van der Waals surface area contributed by atoms with Gasteiger partial charge in [-0.1, -0.05) is 6.07 Å². The molecule has 386 valence electrons. The molecule has 4 aliphatic rings. The highest BCUT2D eigenvalue weighted by Crippen LogP contribution is 2.37. The number of nitrogens with one attached hydrogen (secondary N) is 6. The number of hydrogen-bond donors (Lipinski definition) is 6. The van der Waals surface area contributed by atoms with E-state index in [1.807, 2.05) is 6.07 Å². The van der Waals surface area contributed by atoms with Gasteiger partial charge in [0.05, 0.1) is 61.6 Å². The third-order valence-electron chi connectivity index (χ3n) is 13.6. The number of halogens is 3. The van der Waals surface area contributed by atoms with Gasteiger partial charge < -0.3 is 51.2 Å². The average molecular weight is 994 g/mol. The third-order valence-corrected chi connectivity index (χ3v) is 13.6. The number of carbonyl (C=O) groups is 6. The van der Waals surface area contributed by atoms with Crippen LogP contribution in [0.15, 0.2) is 49.1 Å². The van der Waals surface area contributed by atoms with Crippen LogP contribution in [0, 0.1) is 11.8 Å². The summed E-state index contributed by atoms with van der Waals surface area (Å²) in [6, 6.07) is 4.99.